The third-order valence-electron chi connectivity index (χ3n) is 9.81. The van der Waals surface area contributed by atoms with Crippen LogP contribution in [-0.2, 0) is 25.2 Å². The van der Waals surface area contributed by atoms with Crippen LogP contribution in [0.5, 0.6) is 0 Å². The van der Waals surface area contributed by atoms with E-state index in [-0.39, 0.29) is 10.8 Å². The number of halogens is 3. The Morgan fingerprint density at radius 2 is 0.870 bits per heavy atom. The number of amides is 2. The molecule has 0 N–H and O–H groups in total. The monoisotopic (exact) mass is 659 g/mol. The number of benzene rings is 5. The van der Waals surface area contributed by atoms with Crippen molar-refractivity contribution >= 4 is 69.2 Å². The summed E-state index contributed by atoms with van der Waals surface area (Å²) in [5, 5.41) is 1.25. The lowest BCUT2D eigenvalue weighted by Crippen LogP contribution is -2.45. The normalized spacial score (nSPS) is 25.0. The highest BCUT2D eigenvalue weighted by atomic mass is 35.5. The molecule has 1 heterocycles. The van der Waals surface area contributed by atoms with E-state index in [4.69, 9.17) is 34.8 Å². The molecule has 2 fully saturated rings. The SMILES string of the molecule is O=C1[C@@H]2[C@@H](C(=O)N1c1ccccc1Cl)[C@@]1(c3ccc(Cl)cc3)C(=O)[C@@]2(c2ccc(Cl)cc2)C(c2ccccc2)=C1c1ccccc1. The van der Waals surface area contributed by atoms with Crippen molar-refractivity contribution < 1.29 is 14.4 Å². The van der Waals surface area contributed by atoms with E-state index in [1.54, 1.807) is 48.5 Å². The summed E-state index contributed by atoms with van der Waals surface area (Å²) in [5.74, 6) is -3.30. The van der Waals surface area contributed by atoms with E-state index in [9.17, 15) is 0 Å². The summed E-state index contributed by atoms with van der Waals surface area (Å²) in [4.78, 5) is 47.1. The molecule has 224 valence electrons. The zero-order chi connectivity index (χ0) is 31.8. The molecule has 2 bridgehead atoms. The van der Waals surface area contributed by atoms with Gasteiger partial charge in [0.05, 0.1) is 33.4 Å². The summed E-state index contributed by atoms with van der Waals surface area (Å²) >= 11 is 19.4. The van der Waals surface area contributed by atoms with Crippen molar-refractivity contribution in [3.8, 4) is 0 Å². The fourth-order valence-corrected chi connectivity index (χ4v) is 8.70. The number of hydrogen-bond donors (Lipinski definition) is 0. The van der Waals surface area contributed by atoms with E-state index in [0.29, 0.717) is 38.0 Å². The Kier molecular flexibility index (Phi) is 6.63. The number of imide groups is 1. The minimum Gasteiger partial charge on any atom is -0.297 e. The highest BCUT2D eigenvalue weighted by Gasteiger charge is 2.82. The van der Waals surface area contributed by atoms with Gasteiger partial charge in [0.15, 0.2) is 5.78 Å². The maximum Gasteiger partial charge on any atom is 0.239 e. The number of para-hydroxylation sites is 1. The molecule has 7 heteroatoms. The van der Waals surface area contributed by atoms with Gasteiger partial charge in [0.25, 0.3) is 0 Å². The van der Waals surface area contributed by atoms with Crippen molar-refractivity contribution in [2.75, 3.05) is 4.90 Å². The fourth-order valence-electron chi connectivity index (χ4n) is 8.23. The molecular weight excluding hydrogens is 637 g/mol. The lowest BCUT2D eigenvalue weighted by molar-refractivity contribution is -0.130. The second-order valence-corrected chi connectivity index (χ2v) is 13.1. The second-order valence-electron chi connectivity index (χ2n) is 11.9. The fraction of sp³-hybridized carbons (Fsp3) is 0.103. The van der Waals surface area contributed by atoms with Gasteiger partial charge in [-0.15, -0.1) is 0 Å². The van der Waals surface area contributed by atoms with Crippen LogP contribution in [0.15, 0.2) is 133 Å². The van der Waals surface area contributed by atoms with Gasteiger partial charge in [-0.05, 0) is 69.8 Å². The molecule has 2 amide bonds. The Morgan fingerprint density at radius 3 is 1.28 bits per heavy atom. The van der Waals surface area contributed by atoms with Gasteiger partial charge in [-0.3, -0.25) is 14.4 Å². The average molecular weight is 661 g/mol. The molecule has 1 saturated heterocycles. The predicted octanol–water partition coefficient (Wildman–Crippen LogP) is 8.84. The second kappa shape index (κ2) is 10.5. The number of allylic oxidation sites excluding steroid dienone is 2. The number of nitrogens with zero attached hydrogens (tertiary/aromatic N) is 1. The largest absolute Gasteiger partial charge is 0.297 e. The van der Waals surface area contributed by atoms with Gasteiger partial charge in [0.2, 0.25) is 11.8 Å². The molecule has 3 aliphatic rings. The summed E-state index contributed by atoms with van der Waals surface area (Å²) in [6.45, 7) is 0. The number of hydrogen-bond acceptors (Lipinski definition) is 3. The number of fused-ring (bicyclic) bond motifs is 5. The summed E-state index contributed by atoms with van der Waals surface area (Å²) in [6, 6.07) is 40.3. The standard InChI is InChI=1S/C39H24Cl3NO3/c40-27-19-15-25(16-20-27)38-31(23-9-3-1-4-10-23)32(24-11-5-2-6-12-24)39(37(38)46,26-17-21-28(41)22-18-26)34-33(38)35(44)43(36(34)45)30-14-8-7-13-29(30)42/h1-22,33-34H/t33-,34-,38-,39-/m0/s1. The van der Waals surface area contributed by atoms with Gasteiger partial charge in [-0.25, -0.2) is 4.90 Å². The summed E-state index contributed by atoms with van der Waals surface area (Å²) in [5.41, 5.74) is 1.38. The van der Waals surface area contributed by atoms with Gasteiger partial charge in [0, 0.05) is 10.0 Å². The van der Waals surface area contributed by atoms with Crippen molar-refractivity contribution in [1.29, 1.82) is 0 Å². The highest BCUT2D eigenvalue weighted by molar-refractivity contribution is 6.41. The van der Waals surface area contributed by atoms with E-state index in [1.807, 2.05) is 84.9 Å². The number of carbonyl (C=O) groups excluding carboxylic acids is 3. The Hall–Kier alpha value is -4.48. The molecule has 0 aromatic heterocycles. The van der Waals surface area contributed by atoms with Crippen molar-refractivity contribution in [2.45, 2.75) is 10.8 Å². The lowest BCUT2D eigenvalue weighted by Gasteiger charge is -2.39. The molecule has 0 radical (unpaired) electrons. The number of anilines is 1. The van der Waals surface area contributed by atoms with Gasteiger partial charge >= 0.3 is 0 Å². The van der Waals surface area contributed by atoms with Crippen molar-refractivity contribution in [3.63, 3.8) is 0 Å². The first-order chi connectivity index (χ1) is 22.3. The summed E-state index contributed by atoms with van der Waals surface area (Å²) in [7, 11) is 0. The first kappa shape index (κ1) is 29.0. The van der Waals surface area contributed by atoms with Crippen LogP contribution in [0.4, 0.5) is 5.69 Å². The molecule has 1 saturated carbocycles. The highest BCUT2D eigenvalue weighted by Crippen LogP contribution is 2.74. The van der Waals surface area contributed by atoms with Gasteiger partial charge in [0.1, 0.15) is 0 Å². The van der Waals surface area contributed by atoms with Crippen molar-refractivity contribution in [1.82, 2.24) is 0 Å². The van der Waals surface area contributed by atoms with Crippen LogP contribution >= 0.6 is 34.8 Å². The first-order valence-corrected chi connectivity index (χ1v) is 16.0. The molecule has 1 aliphatic heterocycles. The van der Waals surface area contributed by atoms with Gasteiger partial charge < -0.3 is 0 Å². The molecular formula is C39H24Cl3NO3. The van der Waals surface area contributed by atoms with E-state index in [0.717, 1.165) is 11.1 Å². The van der Waals surface area contributed by atoms with E-state index in [2.05, 4.69) is 0 Å². The Morgan fingerprint density at radius 1 is 0.478 bits per heavy atom. The number of carbonyl (C=O) groups is 3. The van der Waals surface area contributed by atoms with Crippen LogP contribution in [0.2, 0.25) is 15.1 Å². The minimum absolute atomic E-state index is 0.224. The van der Waals surface area contributed by atoms with Crippen LogP contribution in [0.25, 0.3) is 11.1 Å². The zero-order valence-corrected chi connectivity index (χ0v) is 26.4. The summed E-state index contributed by atoms with van der Waals surface area (Å²) in [6.07, 6.45) is 0. The maximum absolute atomic E-state index is 15.9. The number of rotatable bonds is 5. The Bertz CT molecular complexity index is 1970. The summed E-state index contributed by atoms with van der Waals surface area (Å²) < 4.78 is 0. The topological polar surface area (TPSA) is 54.5 Å². The van der Waals surface area contributed by atoms with Crippen LogP contribution in [0, 0.1) is 11.8 Å². The molecule has 0 spiro atoms. The molecule has 8 rings (SSSR count). The van der Waals surface area contributed by atoms with Crippen molar-refractivity contribution in [2.24, 2.45) is 11.8 Å². The quantitative estimate of drug-likeness (QED) is 0.177. The number of ketones is 1. The predicted molar refractivity (Wildman–Crippen MR) is 182 cm³/mol. The van der Waals surface area contributed by atoms with Crippen LogP contribution in [0.1, 0.15) is 22.3 Å². The van der Waals surface area contributed by atoms with Gasteiger partial charge in [-0.2, -0.15) is 0 Å². The third kappa shape index (κ3) is 3.66. The van der Waals surface area contributed by atoms with E-state index < -0.39 is 34.5 Å². The maximum atomic E-state index is 15.9. The Balaban J connectivity index is 1.57. The molecule has 46 heavy (non-hydrogen) atoms. The molecule has 0 unspecified atom stereocenters. The van der Waals surface area contributed by atoms with Crippen LogP contribution in [-0.4, -0.2) is 17.6 Å². The van der Waals surface area contributed by atoms with E-state index >= 15 is 14.4 Å². The minimum atomic E-state index is -1.54. The number of Topliss-reactive ketones (excluding diaryl/α,β-unsaturated/α-hetero) is 1. The molecule has 5 aromatic rings. The van der Waals surface area contributed by atoms with Gasteiger partial charge in [-0.1, -0.05) is 132 Å². The average Bonchev–Trinajstić information content (AvgIpc) is 3.58. The zero-order valence-electron chi connectivity index (χ0n) is 24.2. The third-order valence-corrected chi connectivity index (χ3v) is 10.6. The molecule has 5 aromatic carbocycles. The van der Waals surface area contributed by atoms with Crippen molar-refractivity contribution in [3.05, 3.63) is 171 Å². The van der Waals surface area contributed by atoms with Crippen LogP contribution in [0.3, 0.4) is 0 Å². The molecule has 4 nitrogen and oxygen atoms in total. The van der Waals surface area contributed by atoms with Crippen LogP contribution < -0.4 is 4.90 Å². The first-order valence-electron chi connectivity index (χ1n) is 14.9. The molecule has 2 aliphatic carbocycles. The smallest absolute Gasteiger partial charge is 0.239 e. The van der Waals surface area contributed by atoms with E-state index in [1.165, 1.54) is 4.90 Å². The molecule has 4 atom stereocenters. The Labute approximate surface area is 280 Å². The lowest BCUT2D eigenvalue weighted by atomic mass is 9.59.